The summed E-state index contributed by atoms with van der Waals surface area (Å²) in [4.78, 5) is 52.4. The van der Waals surface area contributed by atoms with Crippen LogP contribution in [0.25, 0.3) is 0 Å². The molecule has 6 atom stereocenters. The lowest BCUT2D eigenvalue weighted by atomic mass is 9.81. The second-order valence-electron chi connectivity index (χ2n) is 12.1. The van der Waals surface area contributed by atoms with Gasteiger partial charge in [0.2, 0.25) is 23.6 Å². The fraction of sp³-hybridized carbons (Fsp3) is 0.808. The van der Waals surface area contributed by atoms with Gasteiger partial charge in [0.05, 0.1) is 6.07 Å². The van der Waals surface area contributed by atoms with E-state index in [1.807, 2.05) is 19.9 Å². The molecule has 0 aromatic heterocycles. The molecule has 9 nitrogen and oxygen atoms in total. The lowest BCUT2D eigenvalue weighted by Crippen LogP contribution is -2.60. The summed E-state index contributed by atoms with van der Waals surface area (Å²) < 4.78 is 67.0. The zero-order valence-corrected chi connectivity index (χ0v) is 22.3. The fourth-order valence-electron chi connectivity index (χ4n) is 6.74. The van der Waals surface area contributed by atoms with Gasteiger partial charge in [0.1, 0.15) is 18.1 Å². The molecule has 0 unspecified atom stereocenters. The van der Waals surface area contributed by atoms with Crippen molar-refractivity contribution in [3.05, 3.63) is 0 Å². The normalized spacial score (nSPS) is 30.8. The van der Waals surface area contributed by atoms with Crippen LogP contribution < -0.4 is 16.0 Å². The highest BCUT2D eigenvalue weighted by molar-refractivity contribution is 5.94. The smallest absolute Gasteiger partial charge is 0.356 e. The number of alkyl halides is 5. The molecular weight excluding hydrogens is 541 g/mol. The highest BCUT2D eigenvalue weighted by Crippen LogP contribution is 2.65. The van der Waals surface area contributed by atoms with Crippen molar-refractivity contribution < 1.29 is 41.1 Å². The summed E-state index contributed by atoms with van der Waals surface area (Å²) in [6, 6.07) is -1.93. The Hall–Kier alpha value is -2.98. The van der Waals surface area contributed by atoms with Crippen LogP contribution in [-0.4, -0.2) is 71.8 Å². The molecule has 2 heterocycles. The molecule has 0 aromatic carbocycles. The van der Waals surface area contributed by atoms with Crippen molar-refractivity contribution in [3.63, 3.8) is 0 Å². The van der Waals surface area contributed by atoms with Crippen LogP contribution in [0, 0.1) is 40.4 Å². The van der Waals surface area contributed by atoms with Gasteiger partial charge in [-0.25, -0.2) is 8.78 Å². The number of carbonyl (C=O) groups is 4. The van der Waals surface area contributed by atoms with Crippen LogP contribution in [0.2, 0.25) is 0 Å². The van der Waals surface area contributed by atoms with Gasteiger partial charge in [-0.2, -0.15) is 18.4 Å². The minimum absolute atomic E-state index is 0.0398. The number of amides is 4. The molecule has 2 saturated carbocycles. The third kappa shape index (κ3) is 6.02. The SMILES string of the molecule is CC1(C)[C@@H]2[C@@H](C(=O)N[C@H](C#N)C[C@@H]3CCCNC3=O)N(C(=O)[C@@H](NC(=O)C(F)(F)F)C3CCC(F)(F)CC3)C[C@@H]21. The first-order valence-electron chi connectivity index (χ1n) is 13.6. The molecule has 4 rings (SSSR count). The van der Waals surface area contributed by atoms with Crippen LogP contribution in [0.15, 0.2) is 0 Å². The predicted octanol–water partition coefficient (Wildman–Crippen LogP) is 2.27. The maximum absolute atomic E-state index is 13.8. The van der Waals surface area contributed by atoms with Crippen LogP contribution in [0.5, 0.6) is 0 Å². The monoisotopic (exact) mass is 575 g/mol. The molecule has 222 valence electrons. The second kappa shape index (κ2) is 10.8. The number of hydrogen-bond donors (Lipinski definition) is 3. The van der Waals surface area contributed by atoms with Gasteiger partial charge in [0.25, 0.3) is 0 Å². The number of carbonyl (C=O) groups excluding carboxylic acids is 4. The molecule has 4 fully saturated rings. The topological polar surface area (TPSA) is 131 Å². The summed E-state index contributed by atoms with van der Waals surface area (Å²) in [5, 5.41) is 16.7. The highest BCUT2D eigenvalue weighted by Gasteiger charge is 2.70. The predicted molar refractivity (Wildman–Crippen MR) is 129 cm³/mol. The van der Waals surface area contributed by atoms with Crippen molar-refractivity contribution in [2.45, 2.75) is 89.0 Å². The van der Waals surface area contributed by atoms with E-state index in [0.29, 0.717) is 13.0 Å². The quantitative estimate of drug-likeness (QED) is 0.401. The van der Waals surface area contributed by atoms with Gasteiger partial charge in [-0.3, -0.25) is 19.2 Å². The Morgan fingerprint density at radius 3 is 2.38 bits per heavy atom. The number of fused-ring (bicyclic) bond motifs is 1. The molecule has 0 aromatic rings. The minimum atomic E-state index is -5.30. The van der Waals surface area contributed by atoms with Crippen molar-refractivity contribution in [1.29, 1.82) is 5.26 Å². The lowest BCUT2D eigenvalue weighted by molar-refractivity contribution is -0.176. The zero-order chi connectivity index (χ0) is 29.6. The van der Waals surface area contributed by atoms with Gasteiger partial charge in [0, 0.05) is 31.8 Å². The Morgan fingerprint density at radius 1 is 1.15 bits per heavy atom. The molecule has 2 aliphatic heterocycles. The van der Waals surface area contributed by atoms with Gasteiger partial charge in [-0.05, 0) is 55.3 Å². The number of nitrogens with one attached hydrogen (secondary N) is 3. The van der Waals surface area contributed by atoms with Gasteiger partial charge < -0.3 is 20.9 Å². The van der Waals surface area contributed by atoms with Crippen molar-refractivity contribution in [2.24, 2.45) is 29.1 Å². The van der Waals surface area contributed by atoms with Crippen LogP contribution in [0.1, 0.15) is 58.8 Å². The van der Waals surface area contributed by atoms with Gasteiger partial charge in [-0.1, -0.05) is 13.8 Å². The Balaban J connectivity index is 1.54. The Bertz CT molecular complexity index is 1080. The first kappa shape index (κ1) is 30.0. The molecule has 0 bridgehead atoms. The average Bonchev–Trinajstić information content (AvgIpc) is 3.20. The summed E-state index contributed by atoms with van der Waals surface area (Å²) in [5.41, 5.74) is -0.359. The van der Waals surface area contributed by atoms with E-state index in [1.54, 1.807) is 5.32 Å². The number of hydrogen-bond acceptors (Lipinski definition) is 5. The van der Waals surface area contributed by atoms with E-state index in [4.69, 9.17) is 0 Å². The van der Waals surface area contributed by atoms with E-state index in [9.17, 15) is 46.4 Å². The number of rotatable bonds is 7. The van der Waals surface area contributed by atoms with E-state index in [1.165, 1.54) is 0 Å². The summed E-state index contributed by atoms with van der Waals surface area (Å²) in [6.07, 6.45) is -5.78. The maximum Gasteiger partial charge on any atom is 0.471 e. The van der Waals surface area contributed by atoms with E-state index in [0.717, 1.165) is 11.3 Å². The van der Waals surface area contributed by atoms with E-state index >= 15 is 0 Å². The molecular formula is C26H34F5N5O4. The number of piperidine rings is 2. The van der Waals surface area contributed by atoms with Crippen LogP contribution >= 0.6 is 0 Å². The first-order chi connectivity index (χ1) is 18.6. The van der Waals surface area contributed by atoms with Crippen molar-refractivity contribution in [1.82, 2.24) is 20.9 Å². The van der Waals surface area contributed by atoms with Crippen LogP contribution in [-0.2, 0) is 19.2 Å². The van der Waals surface area contributed by atoms with Gasteiger partial charge in [-0.15, -0.1) is 0 Å². The Kier molecular flexibility index (Phi) is 8.08. The second-order valence-corrected chi connectivity index (χ2v) is 12.1. The number of nitrogens with zero attached hydrogens (tertiary/aromatic N) is 2. The Morgan fingerprint density at radius 2 is 1.80 bits per heavy atom. The molecule has 14 heteroatoms. The molecule has 4 aliphatic rings. The summed E-state index contributed by atoms with van der Waals surface area (Å²) >= 11 is 0. The molecule has 40 heavy (non-hydrogen) atoms. The van der Waals surface area contributed by atoms with Crippen molar-refractivity contribution in [3.8, 4) is 6.07 Å². The largest absolute Gasteiger partial charge is 0.471 e. The molecule has 0 spiro atoms. The first-order valence-corrected chi connectivity index (χ1v) is 13.6. The van der Waals surface area contributed by atoms with Crippen LogP contribution in [0.4, 0.5) is 22.0 Å². The molecule has 3 N–H and O–H groups in total. The summed E-state index contributed by atoms with van der Waals surface area (Å²) in [5.74, 6) is -9.13. The summed E-state index contributed by atoms with van der Waals surface area (Å²) in [7, 11) is 0. The third-order valence-corrected chi connectivity index (χ3v) is 9.20. The molecule has 4 amide bonds. The van der Waals surface area contributed by atoms with Crippen molar-refractivity contribution in [2.75, 3.05) is 13.1 Å². The fourth-order valence-corrected chi connectivity index (χ4v) is 6.74. The molecule has 0 radical (unpaired) electrons. The number of halogens is 5. The number of nitriles is 1. The third-order valence-electron chi connectivity index (χ3n) is 9.20. The molecule has 2 aliphatic carbocycles. The standard InChI is InChI=1S/C26H34F5N5O4/c1-24(2)16-12-36(19(17(16)24)21(38)34-15(11-32)10-14-4-3-9-33-20(14)37)22(39)18(35-23(40)26(29,30)31)13-5-7-25(27,28)8-6-13/h13-19H,3-10,12H2,1-2H3,(H,33,37)(H,34,38)(H,35,40)/t14-,15-,16-,17-,18-,19-/m0/s1. The van der Waals surface area contributed by atoms with E-state index in [-0.39, 0.29) is 49.0 Å². The minimum Gasteiger partial charge on any atom is -0.356 e. The van der Waals surface area contributed by atoms with E-state index < -0.39 is 72.6 Å². The summed E-state index contributed by atoms with van der Waals surface area (Å²) in [6.45, 7) is 4.36. The molecule has 2 saturated heterocycles. The zero-order valence-electron chi connectivity index (χ0n) is 22.3. The van der Waals surface area contributed by atoms with Gasteiger partial charge >= 0.3 is 12.1 Å². The Labute approximate surface area is 228 Å². The number of likely N-dealkylation sites (tertiary alicyclic amines) is 1. The van der Waals surface area contributed by atoms with Gasteiger partial charge in [0.15, 0.2) is 0 Å². The highest BCUT2D eigenvalue weighted by atomic mass is 19.4. The van der Waals surface area contributed by atoms with Crippen LogP contribution in [0.3, 0.4) is 0 Å². The lowest BCUT2D eigenvalue weighted by Gasteiger charge is -2.38. The van der Waals surface area contributed by atoms with E-state index in [2.05, 4.69) is 10.6 Å². The van der Waals surface area contributed by atoms with Crippen molar-refractivity contribution >= 4 is 23.6 Å². The maximum atomic E-state index is 13.8. The average molecular weight is 576 g/mol.